The maximum atomic E-state index is 12.2. The van der Waals surface area contributed by atoms with Crippen LogP contribution in [-0.2, 0) is 15.3 Å². The van der Waals surface area contributed by atoms with Crippen molar-refractivity contribution < 1.29 is 23.8 Å². The summed E-state index contributed by atoms with van der Waals surface area (Å²) in [6, 6.07) is 31.0. The SMILES string of the molecule is CC(C)(C)OC(=O)NC(C)(CSCc1ccc(-c2ccc(-c3cccc4c3oc3ccccc34)cc2)cc1)C(=O)O. The predicted molar refractivity (Wildman–Crippen MR) is 166 cm³/mol. The molecule has 1 aromatic heterocycles. The standard InChI is InChI=1S/C34H33NO5S/c1-33(2,3)40-32(38)35-34(4,31(36)37)21-41-20-22-12-14-23(15-13-22)24-16-18-25(19-17-24)26-9-7-10-28-27-8-5-6-11-29(27)39-30(26)28/h5-19H,20-21H2,1-4H3,(H,35,38)(H,36,37). The van der Waals surface area contributed by atoms with E-state index in [0.717, 1.165) is 49.8 Å². The summed E-state index contributed by atoms with van der Waals surface area (Å²) in [6.07, 6.45) is -0.743. The fraction of sp³-hybridized carbons (Fsp3) is 0.235. The van der Waals surface area contributed by atoms with Gasteiger partial charge < -0.3 is 19.6 Å². The molecule has 1 heterocycles. The first-order valence-electron chi connectivity index (χ1n) is 13.4. The van der Waals surface area contributed by atoms with Gasteiger partial charge >= 0.3 is 12.1 Å². The van der Waals surface area contributed by atoms with Gasteiger partial charge in [0.1, 0.15) is 22.3 Å². The molecule has 5 aromatic rings. The van der Waals surface area contributed by atoms with Gasteiger partial charge in [-0.3, -0.25) is 0 Å². The molecule has 0 spiro atoms. The summed E-state index contributed by atoms with van der Waals surface area (Å²) in [7, 11) is 0. The lowest BCUT2D eigenvalue weighted by Gasteiger charge is -2.28. The highest BCUT2D eigenvalue weighted by Gasteiger charge is 2.36. The molecule has 1 amide bonds. The van der Waals surface area contributed by atoms with E-state index < -0.39 is 23.2 Å². The second kappa shape index (κ2) is 11.3. The normalized spacial score (nSPS) is 13.2. The topological polar surface area (TPSA) is 88.8 Å². The number of furan rings is 1. The van der Waals surface area contributed by atoms with Gasteiger partial charge in [-0.15, -0.1) is 0 Å². The lowest BCUT2D eigenvalue weighted by atomic mass is 9.98. The first kappa shape index (κ1) is 28.3. The van der Waals surface area contributed by atoms with E-state index in [9.17, 15) is 14.7 Å². The molecule has 41 heavy (non-hydrogen) atoms. The summed E-state index contributed by atoms with van der Waals surface area (Å²) >= 11 is 1.45. The number of rotatable bonds is 8. The largest absolute Gasteiger partial charge is 0.479 e. The third kappa shape index (κ3) is 6.41. The number of carboxylic acids is 1. The Labute approximate surface area is 243 Å². The van der Waals surface area contributed by atoms with Gasteiger partial charge in [-0.2, -0.15) is 11.8 Å². The minimum Gasteiger partial charge on any atom is -0.479 e. The van der Waals surface area contributed by atoms with Gasteiger partial charge in [0.25, 0.3) is 0 Å². The number of aliphatic carboxylic acids is 1. The number of ether oxygens (including phenoxy) is 1. The number of carbonyl (C=O) groups is 2. The molecule has 2 N–H and O–H groups in total. The molecule has 0 radical (unpaired) electrons. The van der Waals surface area contributed by atoms with Gasteiger partial charge in [-0.05, 0) is 56.0 Å². The number of amides is 1. The average molecular weight is 568 g/mol. The van der Waals surface area contributed by atoms with Crippen LogP contribution in [0.3, 0.4) is 0 Å². The van der Waals surface area contributed by atoms with E-state index >= 15 is 0 Å². The Kier molecular flexibility index (Phi) is 7.82. The summed E-state index contributed by atoms with van der Waals surface area (Å²) in [4.78, 5) is 24.1. The van der Waals surface area contributed by atoms with E-state index in [1.54, 1.807) is 20.8 Å². The first-order chi connectivity index (χ1) is 19.5. The molecule has 1 atom stereocenters. The van der Waals surface area contributed by atoms with Crippen molar-refractivity contribution in [2.45, 2.75) is 44.6 Å². The highest BCUT2D eigenvalue weighted by Crippen LogP contribution is 2.36. The number of fused-ring (bicyclic) bond motifs is 3. The van der Waals surface area contributed by atoms with Crippen molar-refractivity contribution in [2.24, 2.45) is 0 Å². The van der Waals surface area contributed by atoms with E-state index in [-0.39, 0.29) is 5.75 Å². The minimum absolute atomic E-state index is 0.197. The molecule has 7 heteroatoms. The molecular formula is C34H33NO5S. The van der Waals surface area contributed by atoms with Crippen molar-refractivity contribution in [1.82, 2.24) is 5.32 Å². The molecule has 0 saturated carbocycles. The maximum absolute atomic E-state index is 12.2. The van der Waals surface area contributed by atoms with Crippen molar-refractivity contribution >= 4 is 45.8 Å². The van der Waals surface area contributed by atoms with Crippen molar-refractivity contribution in [1.29, 1.82) is 0 Å². The average Bonchev–Trinajstić information content (AvgIpc) is 3.31. The fourth-order valence-electron chi connectivity index (χ4n) is 4.66. The number of carbonyl (C=O) groups excluding carboxylic acids is 1. The monoisotopic (exact) mass is 567 g/mol. The lowest BCUT2D eigenvalue weighted by Crippen LogP contribution is -2.55. The number of hydrogen-bond acceptors (Lipinski definition) is 5. The van der Waals surface area contributed by atoms with Crippen LogP contribution in [0.1, 0.15) is 33.3 Å². The van der Waals surface area contributed by atoms with Crippen molar-refractivity contribution in [3.63, 3.8) is 0 Å². The number of thioether (sulfide) groups is 1. The second-order valence-electron chi connectivity index (χ2n) is 11.3. The summed E-state index contributed by atoms with van der Waals surface area (Å²) in [6.45, 7) is 6.70. The Bertz CT molecular complexity index is 1700. The zero-order valence-electron chi connectivity index (χ0n) is 23.6. The number of para-hydroxylation sites is 2. The van der Waals surface area contributed by atoms with Crippen molar-refractivity contribution in [2.75, 3.05) is 5.75 Å². The molecule has 0 aliphatic carbocycles. The minimum atomic E-state index is -1.44. The molecule has 1 unspecified atom stereocenters. The molecular weight excluding hydrogens is 534 g/mol. The third-order valence-electron chi connectivity index (χ3n) is 6.80. The van der Waals surface area contributed by atoms with E-state index in [4.69, 9.17) is 9.15 Å². The molecule has 0 bridgehead atoms. The van der Waals surface area contributed by atoms with Crippen LogP contribution in [-0.4, -0.2) is 34.1 Å². The molecule has 0 aliphatic rings. The lowest BCUT2D eigenvalue weighted by molar-refractivity contribution is -0.143. The Morgan fingerprint density at radius 1 is 0.805 bits per heavy atom. The van der Waals surface area contributed by atoms with Crippen LogP contribution in [0, 0.1) is 0 Å². The molecule has 5 rings (SSSR count). The quantitative estimate of drug-likeness (QED) is 0.195. The molecule has 0 fully saturated rings. The zero-order valence-corrected chi connectivity index (χ0v) is 24.4. The fourth-order valence-corrected chi connectivity index (χ4v) is 5.80. The van der Waals surface area contributed by atoms with Crippen molar-refractivity contribution in [3.8, 4) is 22.3 Å². The molecule has 0 saturated heterocycles. The summed E-state index contributed by atoms with van der Waals surface area (Å²) < 4.78 is 11.4. The smallest absolute Gasteiger partial charge is 0.408 e. The van der Waals surface area contributed by atoms with Gasteiger partial charge in [0.15, 0.2) is 0 Å². The zero-order chi connectivity index (χ0) is 29.2. The van der Waals surface area contributed by atoms with Gasteiger partial charge in [-0.25, -0.2) is 9.59 Å². The summed E-state index contributed by atoms with van der Waals surface area (Å²) in [5, 5.41) is 14.5. The maximum Gasteiger partial charge on any atom is 0.408 e. The number of carboxylic acid groups (broad SMARTS) is 1. The van der Waals surface area contributed by atoms with Crippen LogP contribution in [0.4, 0.5) is 4.79 Å². The molecule has 4 aromatic carbocycles. The first-order valence-corrected chi connectivity index (χ1v) is 14.6. The van der Waals surface area contributed by atoms with Crippen LogP contribution in [0.15, 0.2) is 95.4 Å². The van der Waals surface area contributed by atoms with Crippen LogP contribution in [0.5, 0.6) is 0 Å². The van der Waals surface area contributed by atoms with Crippen molar-refractivity contribution in [3.05, 3.63) is 96.6 Å². The highest BCUT2D eigenvalue weighted by atomic mass is 32.2. The predicted octanol–water partition coefficient (Wildman–Crippen LogP) is 8.52. The van der Waals surface area contributed by atoms with E-state index in [1.807, 2.05) is 30.3 Å². The van der Waals surface area contributed by atoms with Gasteiger partial charge in [0.2, 0.25) is 0 Å². The van der Waals surface area contributed by atoms with Crippen LogP contribution >= 0.6 is 11.8 Å². The Balaban J connectivity index is 1.24. The summed E-state index contributed by atoms with van der Waals surface area (Å²) in [5.41, 5.74) is 5.04. The van der Waals surface area contributed by atoms with Crippen LogP contribution in [0.2, 0.25) is 0 Å². The number of hydrogen-bond donors (Lipinski definition) is 2. The second-order valence-corrected chi connectivity index (χ2v) is 12.3. The molecule has 210 valence electrons. The number of nitrogens with one attached hydrogen (secondary N) is 1. The Hall–Kier alpha value is -4.23. The van der Waals surface area contributed by atoms with E-state index in [0.29, 0.717) is 5.75 Å². The van der Waals surface area contributed by atoms with Gasteiger partial charge in [0.05, 0.1) is 0 Å². The highest BCUT2D eigenvalue weighted by molar-refractivity contribution is 7.98. The van der Waals surface area contributed by atoms with E-state index in [2.05, 4.69) is 66.0 Å². The third-order valence-corrected chi connectivity index (χ3v) is 8.11. The molecule has 6 nitrogen and oxygen atoms in total. The Morgan fingerprint density at radius 3 is 2.07 bits per heavy atom. The van der Waals surface area contributed by atoms with Crippen LogP contribution in [0.25, 0.3) is 44.2 Å². The van der Waals surface area contributed by atoms with Crippen LogP contribution < -0.4 is 5.32 Å². The molecule has 0 aliphatic heterocycles. The van der Waals surface area contributed by atoms with Gasteiger partial charge in [0, 0.05) is 27.8 Å². The number of alkyl carbamates (subject to hydrolysis) is 1. The van der Waals surface area contributed by atoms with E-state index in [1.165, 1.54) is 18.7 Å². The Morgan fingerprint density at radius 2 is 1.41 bits per heavy atom. The number of benzene rings is 4. The summed E-state index contributed by atoms with van der Waals surface area (Å²) in [5.74, 6) is -0.297. The van der Waals surface area contributed by atoms with Gasteiger partial charge in [-0.1, -0.05) is 84.9 Å².